The number of nitrogens with one attached hydrogen (secondary N) is 2. The molecule has 3 atom stereocenters. The van der Waals surface area contributed by atoms with Crippen molar-refractivity contribution in [2.45, 2.75) is 37.9 Å². The molecule has 0 bridgehead atoms. The summed E-state index contributed by atoms with van der Waals surface area (Å²) in [5.74, 6) is 0.146. The van der Waals surface area contributed by atoms with Crippen LogP contribution in [0, 0.1) is 12.3 Å². The van der Waals surface area contributed by atoms with Crippen molar-refractivity contribution in [1.82, 2.24) is 29.8 Å². The van der Waals surface area contributed by atoms with Crippen molar-refractivity contribution in [3.63, 3.8) is 0 Å². The molecule has 2 aliphatic rings. The first-order chi connectivity index (χ1) is 15.6. The lowest BCUT2D eigenvalue weighted by molar-refractivity contribution is 0.0515. The zero-order chi connectivity index (χ0) is 22.1. The molecule has 3 unspecified atom stereocenters. The van der Waals surface area contributed by atoms with Gasteiger partial charge in [0.25, 0.3) is 5.91 Å². The van der Waals surface area contributed by atoms with Gasteiger partial charge in [0, 0.05) is 67.0 Å². The van der Waals surface area contributed by atoms with Gasteiger partial charge in [-0.1, -0.05) is 24.9 Å². The summed E-state index contributed by atoms with van der Waals surface area (Å²) in [5, 5.41) is 7.77. The van der Waals surface area contributed by atoms with E-state index in [1.165, 1.54) is 11.3 Å². The third kappa shape index (κ3) is 3.71. The maximum absolute atomic E-state index is 13.4. The fourth-order valence-electron chi connectivity index (χ4n) is 5.08. The van der Waals surface area contributed by atoms with Crippen LogP contribution in [-0.4, -0.2) is 50.6 Å². The van der Waals surface area contributed by atoms with E-state index in [0.717, 1.165) is 30.8 Å². The van der Waals surface area contributed by atoms with Crippen LogP contribution in [-0.2, 0) is 6.42 Å². The number of carbonyl (C=O) groups is 1. The zero-order valence-corrected chi connectivity index (χ0v) is 19.2. The second kappa shape index (κ2) is 8.67. The van der Waals surface area contributed by atoms with E-state index in [2.05, 4.69) is 32.9 Å². The first-order valence-electron chi connectivity index (χ1n) is 11.1. The SMILES string of the molecule is Cc1ncccc1C(=O)N1CCC(C)(C2SNCCc3[nH]ncc32)C(c2ccccn2)C1. The molecular formula is C24H28N6OS. The molecule has 32 heavy (non-hydrogen) atoms. The highest BCUT2D eigenvalue weighted by Crippen LogP contribution is 2.56. The summed E-state index contributed by atoms with van der Waals surface area (Å²) in [6.45, 7) is 6.49. The van der Waals surface area contributed by atoms with Gasteiger partial charge in [-0.15, -0.1) is 0 Å². The Morgan fingerprint density at radius 3 is 2.91 bits per heavy atom. The Morgan fingerprint density at radius 1 is 1.22 bits per heavy atom. The molecule has 3 aromatic rings. The van der Waals surface area contributed by atoms with E-state index in [0.29, 0.717) is 18.7 Å². The van der Waals surface area contributed by atoms with Crippen molar-refractivity contribution in [2.75, 3.05) is 19.6 Å². The Morgan fingerprint density at radius 2 is 2.09 bits per heavy atom. The summed E-state index contributed by atoms with van der Waals surface area (Å²) in [4.78, 5) is 24.5. The predicted molar refractivity (Wildman–Crippen MR) is 125 cm³/mol. The zero-order valence-electron chi connectivity index (χ0n) is 18.4. The lowest BCUT2D eigenvalue weighted by Gasteiger charge is -2.49. The largest absolute Gasteiger partial charge is 0.338 e. The van der Waals surface area contributed by atoms with Crippen molar-refractivity contribution in [3.05, 3.63) is 77.1 Å². The van der Waals surface area contributed by atoms with Gasteiger partial charge in [-0.25, -0.2) is 0 Å². The third-order valence-electron chi connectivity index (χ3n) is 7.00. The van der Waals surface area contributed by atoms with Crippen molar-refractivity contribution in [2.24, 2.45) is 5.41 Å². The summed E-state index contributed by atoms with van der Waals surface area (Å²) in [5.41, 5.74) is 4.86. The number of aryl methyl sites for hydroxylation is 1. The Bertz CT molecular complexity index is 1100. The van der Waals surface area contributed by atoms with E-state index in [-0.39, 0.29) is 22.5 Å². The van der Waals surface area contributed by atoms with E-state index >= 15 is 0 Å². The Kier molecular flexibility index (Phi) is 5.73. The van der Waals surface area contributed by atoms with Crippen LogP contribution in [0.2, 0.25) is 0 Å². The molecule has 0 saturated carbocycles. The average molecular weight is 449 g/mol. The van der Waals surface area contributed by atoms with Gasteiger partial charge in [0.05, 0.1) is 17.0 Å². The molecule has 3 aromatic heterocycles. The monoisotopic (exact) mass is 448 g/mol. The lowest BCUT2D eigenvalue weighted by Crippen LogP contribution is -2.49. The van der Waals surface area contributed by atoms with Gasteiger partial charge in [-0.05, 0) is 43.0 Å². The van der Waals surface area contributed by atoms with E-state index in [9.17, 15) is 4.79 Å². The molecule has 0 aromatic carbocycles. The molecule has 2 aliphatic heterocycles. The highest BCUT2D eigenvalue weighted by molar-refractivity contribution is 7.97. The number of carbonyl (C=O) groups excluding carboxylic acids is 1. The molecule has 0 radical (unpaired) electrons. The van der Waals surface area contributed by atoms with Crippen LogP contribution < -0.4 is 4.72 Å². The molecule has 0 aliphatic carbocycles. The van der Waals surface area contributed by atoms with Crippen LogP contribution in [0.15, 0.2) is 48.9 Å². The van der Waals surface area contributed by atoms with E-state index < -0.39 is 0 Å². The third-order valence-corrected chi connectivity index (χ3v) is 8.40. The molecule has 5 heterocycles. The van der Waals surface area contributed by atoms with Gasteiger partial charge in [0.2, 0.25) is 0 Å². The van der Waals surface area contributed by atoms with Gasteiger partial charge in [0.15, 0.2) is 0 Å². The number of aromatic amines is 1. The first kappa shape index (κ1) is 21.2. The fourth-order valence-corrected chi connectivity index (χ4v) is 6.35. The number of hydrogen-bond donors (Lipinski definition) is 2. The number of H-pyrrole nitrogens is 1. The number of amides is 1. The average Bonchev–Trinajstić information content (AvgIpc) is 3.18. The normalized spacial score (nSPS) is 25.8. The van der Waals surface area contributed by atoms with Gasteiger partial charge in [-0.3, -0.25) is 24.6 Å². The Labute approximate surface area is 192 Å². The van der Waals surface area contributed by atoms with Crippen molar-refractivity contribution < 1.29 is 4.79 Å². The summed E-state index contributed by atoms with van der Waals surface area (Å²) in [7, 11) is 0. The smallest absolute Gasteiger partial charge is 0.255 e. The highest BCUT2D eigenvalue weighted by atomic mass is 32.2. The number of nitrogens with zero attached hydrogens (tertiary/aromatic N) is 4. The van der Waals surface area contributed by atoms with Gasteiger partial charge < -0.3 is 4.90 Å². The van der Waals surface area contributed by atoms with Gasteiger partial charge in [-0.2, -0.15) is 5.10 Å². The number of piperidine rings is 1. The van der Waals surface area contributed by atoms with Crippen molar-refractivity contribution in [1.29, 1.82) is 0 Å². The minimum atomic E-state index is -0.101. The summed E-state index contributed by atoms with van der Waals surface area (Å²) >= 11 is 1.79. The summed E-state index contributed by atoms with van der Waals surface area (Å²) in [6.07, 6.45) is 7.38. The Balaban J connectivity index is 1.52. The number of aromatic nitrogens is 4. The van der Waals surface area contributed by atoms with Gasteiger partial charge in [0.1, 0.15) is 0 Å². The minimum Gasteiger partial charge on any atom is -0.338 e. The number of fused-ring (bicyclic) bond motifs is 1. The van der Waals surface area contributed by atoms with Crippen LogP contribution in [0.3, 0.4) is 0 Å². The maximum atomic E-state index is 13.4. The number of pyridine rings is 2. The van der Waals surface area contributed by atoms with Crippen LogP contribution in [0.4, 0.5) is 0 Å². The summed E-state index contributed by atoms with van der Waals surface area (Å²) < 4.78 is 3.55. The number of rotatable bonds is 3. The highest BCUT2D eigenvalue weighted by Gasteiger charge is 2.49. The van der Waals surface area contributed by atoms with Gasteiger partial charge >= 0.3 is 0 Å². The van der Waals surface area contributed by atoms with Crippen molar-refractivity contribution >= 4 is 17.9 Å². The van der Waals surface area contributed by atoms with Crippen LogP contribution in [0.25, 0.3) is 0 Å². The molecule has 8 heteroatoms. The lowest BCUT2D eigenvalue weighted by atomic mass is 9.66. The molecule has 1 amide bonds. The molecule has 7 nitrogen and oxygen atoms in total. The predicted octanol–water partition coefficient (Wildman–Crippen LogP) is 3.68. The van der Waals surface area contributed by atoms with E-state index in [4.69, 9.17) is 4.98 Å². The molecule has 1 saturated heterocycles. The van der Waals surface area contributed by atoms with Crippen LogP contribution in [0.1, 0.15) is 57.5 Å². The number of likely N-dealkylation sites (tertiary alicyclic amines) is 1. The second-order valence-electron chi connectivity index (χ2n) is 8.90. The molecule has 1 fully saturated rings. The fraction of sp³-hybridized carbons (Fsp3) is 0.417. The molecular weight excluding hydrogens is 420 g/mol. The molecule has 2 N–H and O–H groups in total. The van der Waals surface area contributed by atoms with Crippen molar-refractivity contribution in [3.8, 4) is 0 Å². The quantitative estimate of drug-likeness (QED) is 0.595. The molecule has 5 rings (SSSR count). The standard InChI is InChI=1S/C24H28N6OS/c1-16-17(6-5-11-25-16)23(31)30-13-9-24(2,19(15-30)21-7-3-4-10-26-21)22-18-14-27-29-20(18)8-12-28-32-22/h3-7,10-11,14,19,22,28H,8-9,12-13,15H2,1-2H3,(H,27,29). The maximum Gasteiger partial charge on any atom is 0.255 e. The second-order valence-corrected chi connectivity index (χ2v) is 9.89. The first-order valence-corrected chi connectivity index (χ1v) is 12.0. The van der Waals surface area contributed by atoms with Crippen LogP contribution >= 0.6 is 11.9 Å². The van der Waals surface area contributed by atoms with E-state index in [1.807, 2.05) is 48.5 Å². The van der Waals surface area contributed by atoms with Crippen LogP contribution in [0.5, 0.6) is 0 Å². The molecule has 0 spiro atoms. The Hall–Kier alpha value is -2.71. The van der Waals surface area contributed by atoms with E-state index in [1.54, 1.807) is 18.1 Å². The minimum absolute atomic E-state index is 0.0502. The summed E-state index contributed by atoms with van der Waals surface area (Å²) in [6, 6.07) is 9.78. The molecule has 166 valence electrons. The number of hydrogen-bond acceptors (Lipinski definition) is 6. The topological polar surface area (TPSA) is 86.8 Å².